The first-order valence-electron chi connectivity index (χ1n) is 9.72. The summed E-state index contributed by atoms with van der Waals surface area (Å²) in [5.41, 5.74) is 0. The van der Waals surface area contributed by atoms with Gasteiger partial charge in [0, 0.05) is 26.2 Å². The average molecular weight is 554 g/mol. The van der Waals surface area contributed by atoms with Gasteiger partial charge in [0.25, 0.3) is 0 Å². The third kappa shape index (κ3) is 4.98. The summed E-state index contributed by atoms with van der Waals surface area (Å²) in [5, 5.41) is 0. The number of benzene rings is 2. The predicted octanol–water partition coefficient (Wildman–Crippen LogP) is 4.00. The molecule has 34 heavy (non-hydrogen) atoms. The summed E-state index contributed by atoms with van der Waals surface area (Å²) in [6.07, 6.45) is 0. The molecule has 0 aliphatic carbocycles. The van der Waals surface area contributed by atoms with Gasteiger partial charge in [-0.15, -0.1) is 0 Å². The fourth-order valence-corrected chi connectivity index (χ4v) is 9.70. The van der Waals surface area contributed by atoms with E-state index in [4.69, 9.17) is 26.7 Å². The Labute approximate surface area is 193 Å². The van der Waals surface area contributed by atoms with Crippen molar-refractivity contribution in [1.29, 1.82) is 0 Å². The van der Waals surface area contributed by atoms with Crippen molar-refractivity contribution in [3.63, 3.8) is 0 Å². The van der Waals surface area contributed by atoms with Gasteiger partial charge in [0.1, 0.15) is 23.0 Å². The molecule has 0 amide bonds. The number of hydrogen-bond donors (Lipinski definition) is 2. The van der Waals surface area contributed by atoms with E-state index in [0.717, 1.165) is 9.34 Å². The van der Waals surface area contributed by atoms with Crippen molar-refractivity contribution in [1.82, 2.24) is 9.34 Å². The largest absolute Gasteiger partial charge is 0.595 e. The van der Waals surface area contributed by atoms with Crippen molar-refractivity contribution in [2.75, 3.05) is 26.2 Å². The molecule has 0 saturated carbocycles. The highest BCUT2D eigenvalue weighted by Gasteiger charge is 2.49. The lowest BCUT2D eigenvalue weighted by Crippen LogP contribution is -2.43. The van der Waals surface area contributed by atoms with Crippen molar-refractivity contribution in [3.05, 3.63) is 48.5 Å². The van der Waals surface area contributed by atoms with E-state index in [-0.39, 0.29) is 49.2 Å². The van der Waals surface area contributed by atoms with Gasteiger partial charge in [0.05, 0.1) is 0 Å². The van der Waals surface area contributed by atoms with Crippen LogP contribution in [0.1, 0.15) is 0 Å². The van der Waals surface area contributed by atoms with Gasteiger partial charge in [0.2, 0.25) is 0 Å². The van der Waals surface area contributed by atoms with Crippen LogP contribution >= 0.6 is 31.1 Å². The molecule has 5 heterocycles. The summed E-state index contributed by atoms with van der Waals surface area (Å²) in [7, 11) is -18.4. The molecular formula is C16H18N2O12P4. The van der Waals surface area contributed by atoms with Gasteiger partial charge in [-0.1, -0.05) is 0 Å². The molecule has 7 rings (SSSR count). The van der Waals surface area contributed by atoms with E-state index in [1.165, 1.54) is 48.5 Å². The monoisotopic (exact) mass is 554 g/mol. The fraction of sp³-hybridized carbons (Fsp3) is 0.250. The van der Waals surface area contributed by atoms with Gasteiger partial charge in [-0.25, -0.2) is 27.6 Å². The Morgan fingerprint density at radius 2 is 0.853 bits per heavy atom. The van der Waals surface area contributed by atoms with Gasteiger partial charge in [-0.2, -0.15) is 8.62 Å². The summed E-state index contributed by atoms with van der Waals surface area (Å²) in [5.74, 6) is 0.503. The number of hydrogen-bond acceptors (Lipinski definition) is 10. The lowest BCUT2D eigenvalue weighted by molar-refractivity contribution is 0.174. The second kappa shape index (κ2) is 8.47. The Kier molecular flexibility index (Phi) is 5.98. The molecule has 0 spiro atoms. The van der Waals surface area contributed by atoms with Crippen LogP contribution < -0.4 is 18.1 Å². The maximum atomic E-state index is 12.8. The van der Waals surface area contributed by atoms with Crippen molar-refractivity contribution in [3.8, 4) is 23.0 Å². The van der Waals surface area contributed by atoms with Crippen LogP contribution in [0.3, 0.4) is 0 Å². The van der Waals surface area contributed by atoms with Crippen LogP contribution in [0.15, 0.2) is 48.5 Å². The van der Waals surface area contributed by atoms with Gasteiger partial charge in [-0.05, 0) is 48.5 Å². The molecule has 1 saturated heterocycles. The Morgan fingerprint density at radius 1 is 0.618 bits per heavy atom. The molecule has 2 unspecified atom stereocenters. The minimum absolute atomic E-state index is 0.126. The maximum absolute atomic E-state index is 12.8. The number of nitrogens with zero attached hydrogens (tertiary/aromatic N) is 2. The molecule has 184 valence electrons. The molecule has 0 radical (unpaired) electrons. The fourth-order valence-electron chi connectivity index (χ4n) is 3.30. The van der Waals surface area contributed by atoms with E-state index in [1.807, 2.05) is 0 Å². The molecule has 18 heteroatoms. The lowest BCUT2D eigenvalue weighted by atomic mass is 10.3. The highest BCUT2D eigenvalue weighted by Crippen LogP contribution is 2.67. The topological polar surface area (TPSA) is 171 Å². The molecule has 2 N–H and O–H groups in total. The van der Waals surface area contributed by atoms with Crippen LogP contribution in [-0.4, -0.2) is 45.3 Å². The zero-order chi connectivity index (χ0) is 24.2. The number of piperazine rings is 1. The predicted molar refractivity (Wildman–Crippen MR) is 116 cm³/mol. The normalized spacial score (nSPS) is 24.3. The second-order valence-corrected chi connectivity index (χ2v) is 14.2. The Morgan fingerprint density at radius 3 is 1.09 bits per heavy atom. The molecule has 14 nitrogen and oxygen atoms in total. The van der Waals surface area contributed by atoms with Crippen LogP contribution in [0, 0.1) is 0 Å². The highest BCUT2D eigenvalue weighted by molar-refractivity contribution is 7.64. The summed E-state index contributed by atoms with van der Waals surface area (Å²) in [6.45, 7) is -1.07. The minimum Gasteiger partial charge on any atom is -0.395 e. The SMILES string of the molecule is O=P1(OP(=O)(O)N2CCN(P(=O)(O)OP3(=O)Oc4ccc(cc4)O3)CC2)Oc2ccc(cc2)O1. The zero-order valence-corrected chi connectivity index (χ0v) is 20.7. The second-order valence-electron chi connectivity index (χ2n) is 7.25. The third-order valence-corrected chi connectivity index (χ3v) is 12.1. The summed E-state index contributed by atoms with van der Waals surface area (Å²) in [4.78, 5) is 20.8. The zero-order valence-electron chi connectivity index (χ0n) is 17.1. The Hall–Kier alpha value is -1.68. The van der Waals surface area contributed by atoms with Gasteiger partial charge >= 0.3 is 31.1 Å². The van der Waals surface area contributed by atoms with Crippen molar-refractivity contribution >= 4 is 31.1 Å². The average Bonchev–Trinajstić information content (AvgIpc) is 3.15. The van der Waals surface area contributed by atoms with Crippen LogP contribution in [0.25, 0.3) is 0 Å². The molecule has 1 fully saturated rings. The molecule has 0 aromatic heterocycles. The molecule has 2 aromatic carbocycles. The van der Waals surface area contributed by atoms with Crippen LogP contribution in [0.5, 0.6) is 23.0 Å². The van der Waals surface area contributed by atoms with E-state index in [0.29, 0.717) is 0 Å². The molecule has 5 aliphatic heterocycles. The summed E-state index contributed by atoms with van der Waals surface area (Å²) in [6, 6.07) is 11.7. The lowest BCUT2D eigenvalue weighted by Gasteiger charge is -2.37. The minimum atomic E-state index is -4.72. The van der Waals surface area contributed by atoms with Crippen molar-refractivity contribution in [2.24, 2.45) is 0 Å². The van der Waals surface area contributed by atoms with E-state index in [2.05, 4.69) is 0 Å². The first-order valence-corrected chi connectivity index (χ1v) is 15.7. The quantitative estimate of drug-likeness (QED) is 0.491. The Bertz CT molecular complexity index is 1120. The van der Waals surface area contributed by atoms with E-state index < -0.39 is 31.1 Å². The number of phosphoric ester groups is 2. The number of phosphoric acid groups is 2. The summed E-state index contributed by atoms with van der Waals surface area (Å²) >= 11 is 0. The third-order valence-electron chi connectivity index (χ3n) is 4.88. The maximum Gasteiger partial charge on any atom is 0.595 e. The van der Waals surface area contributed by atoms with Crippen LogP contribution in [0.2, 0.25) is 0 Å². The highest BCUT2D eigenvalue weighted by atomic mass is 31.3. The van der Waals surface area contributed by atoms with Crippen LogP contribution in [-0.2, 0) is 26.9 Å². The van der Waals surface area contributed by atoms with E-state index >= 15 is 0 Å². The van der Waals surface area contributed by atoms with Crippen LogP contribution in [0.4, 0.5) is 0 Å². The van der Waals surface area contributed by atoms with E-state index in [1.54, 1.807) is 0 Å². The molecule has 4 bridgehead atoms. The van der Waals surface area contributed by atoms with E-state index in [9.17, 15) is 28.0 Å². The summed E-state index contributed by atoms with van der Waals surface area (Å²) < 4.78 is 83.3. The smallest absolute Gasteiger partial charge is 0.395 e. The van der Waals surface area contributed by atoms with Crippen molar-refractivity contribution in [2.45, 2.75) is 0 Å². The Balaban J connectivity index is 1.22. The van der Waals surface area contributed by atoms with Gasteiger partial charge in [0.15, 0.2) is 0 Å². The number of fused-ring (bicyclic) bond motifs is 8. The first-order chi connectivity index (χ1) is 15.9. The van der Waals surface area contributed by atoms with Crippen molar-refractivity contribution < 1.29 is 54.8 Å². The molecular weight excluding hydrogens is 536 g/mol. The van der Waals surface area contributed by atoms with Gasteiger partial charge in [-0.3, -0.25) is 0 Å². The first kappa shape index (κ1) is 24.0. The van der Waals surface area contributed by atoms with Gasteiger partial charge < -0.3 is 27.9 Å². The molecule has 2 atom stereocenters. The number of rotatable bonds is 6. The molecule has 2 aromatic rings. The standard InChI is InChI=1S/C16H18N2O12P4/c19-31(20,29-33(23)25-13-1-2-14(26-33)4-3-13)17-9-11-18(12-10-17)32(21,22)30-34(24)27-15-5-6-16(28-34)8-7-15/h1-8H,9-12H2,(H,19,20)(H,21,22). The molecule has 5 aliphatic rings.